The molecule has 0 spiro atoms. The Hall–Kier alpha value is -4.37. The van der Waals surface area contributed by atoms with Gasteiger partial charge in [-0.05, 0) is 84.1 Å². The summed E-state index contributed by atoms with van der Waals surface area (Å²) in [4.78, 5) is 8.18. The number of hydrogen-bond donors (Lipinski definition) is 1. The molecule has 9 nitrogen and oxygen atoms in total. The molecular formula is C42H50F3N5O4SSi. The Morgan fingerprint density at radius 1 is 0.911 bits per heavy atom. The van der Waals surface area contributed by atoms with Crippen LogP contribution in [0.5, 0.6) is 0 Å². The highest BCUT2D eigenvalue weighted by Gasteiger charge is 2.50. The number of benzene rings is 3. The highest BCUT2D eigenvalue weighted by Crippen LogP contribution is 2.39. The molecular weight excluding hydrogens is 756 g/mol. The number of anilines is 2. The summed E-state index contributed by atoms with van der Waals surface area (Å²) in [6.45, 7) is 9.62. The summed E-state index contributed by atoms with van der Waals surface area (Å²) >= 11 is 0. The Labute approximate surface area is 328 Å². The average Bonchev–Trinajstić information content (AvgIpc) is 3.61. The van der Waals surface area contributed by atoms with Crippen molar-refractivity contribution >= 4 is 40.2 Å². The predicted octanol–water partition coefficient (Wildman–Crippen LogP) is 8.26. The van der Waals surface area contributed by atoms with E-state index < -0.39 is 29.9 Å². The van der Waals surface area contributed by atoms with E-state index in [0.717, 1.165) is 31.9 Å². The fraction of sp³-hybridized carbons (Fsp3) is 0.405. The number of nitrogens with zero attached hydrogens (tertiary/aromatic N) is 4. The molecule has 0 amide bonds. The lowest BCUT2D eigenvalue weighted by atomic mass is 9.88. The highest BCUT2D eigenvalue weighted by atomic mass is 32.2. The summed E-state index contributed by atoms with van der Waals surface area (Å²) in [6.07, 6.45) is 3.03. The predicted molar refractivity (Wildman–Crippen MR) is 216 cm³/mol. The van der Waals surface area contributed by atoms with Gasteiger partial charge in [-0.25, -0.2) is 18.4 Å². The molecule has 14 heteroatoms. The van der Waals surface area contributed by atoms with Gasteiger partial charge in [0.05, 0.1) is 28.6 Å². The van der Waals surface area contributed by atoms with Crippen molar-refractivity contribution in [2.45, 2.75) is 82.0 Å². The van der Waals surface area contributed by atoms with Gasteiger partial charge in [0.1, 0.15) is 5.56 Å². The van der Waals surface area contributed by atoms with Crippen LogP contribution in [0, 0.1) is 12.8 Å². The molecule has 0 bridgehead atoms. The number of aromatic nitrogens is 4. The first kappa shape index (κ1) is 41.3. The molecule has 1 fully saturated rings. The summed E-state index contributed by atoms with van der Waals surface area (Å²) in [5.74, 6) is 0.289. The first-order chi connectivity index (χ1) is 26.6. The van der Waals surface area contributed by atoms with Gasteiger partial charge in [-0.3, -0.25) is 4.68 Å². The maximum atomic E-state index is 13.7. The van der Waals surface area contributed by atoms with E-state index >= 15 is 0 Å². The molecule has 0 unspecified atom stereocenters. The quantitative estimate of drug-likeness (QED) is 0.0884. The zero-order chi connectivity index (χ0) is 40.1. The van der Waals surface area contributed by atoms with Crippen LogP contribution in [0.2, 0.25) is 5.04 Å². The van der Waals surface area contributed by atoms with E-state index in [4.69, 9.17) is 9.16 Å². The number of ether oxygens (including phenoxy) is 1. The molecule has 0 atom stereocenters. The van der Waals surface area contributed by atoms with Crippen molar-refractivity contribution in [3.05, 3.63) is 109 Å². The minimum absolute atomic E-state index is 0.0616. The standard InChI is InChI=1S/C42H50F3N5O4SSi/c1-30-25-34(21-22-38(30)48-40-46-27-37(42(43,44)45)39(49-40)32-26-47-50(5)28-32)55(51,52)24-12-23-53-33-19-17-31(18-20-33)29-54-56(41(2,3)4,35-13-8-6-9-14-35)36-15-10-7-11-16-36/h6-11,13-16,21-22,25-28,31,33H,12,17-20,23-24,29H2,1-5H3,(H,46,48,49). The zero-order valence-electron chi connectivity index (χ0n) is 32.5. The van der Waals surface area contributed by atoms with Crippen LogP contribution in [0.3, 0.4) is 0 Å². The van der Waals surface area contributed by atoms with Crippen LogP contribution >= 0.6 is 0 Å². The van der Waals surface area contributed by atoms with Gasteiger partial charge in [0.25, 0.3) is 8.32 Å². The third-order valence-electron chi connectivity index (χ3n) is 10.5. The van der Waals surface area contributed by atoms with Gasteiger partial charge < -0.3 is 14.5 Å². The molecule has 1 saturated carbocycles. The van der Waals surface area contributed by atoms with Crippen LogP contribution < -0.4 is 15.7 Å². The Bertz CT molecular complexity index is 2150. The molecule has 0 radical (unpaired) electrons. The van der Waals surface area contributed by atoms with Crippen molar-refractivity contribution < 1.29 is 30.8 Å². The number of halogens is 3. The Balaban J connectivity index is 1.00. The summed E-state index contributed by atoms with van der Waals surface area (Å²) in [5, 5.41) is 9.37. The third kappa shape index (κ3) is 9.42. The van der Waals surface area contributed by atoms with Gasteiger partial charge in [-0.15, -0.1) is 0 Å². The van der Waals surface area contributed by atoms with Gasteiger partial charge >= 0.3 is 6.18 Å². The first-order valence-corrected chi connectivity index (χ1v) is 22.5. The summed E-state index contributed by atoms with van der Waals surface area (Å²) in [5.41, 5.74) is -0.0590. The molecule has 5 aromatic rings. The smallest absolute Gasteiger partial charge is 0.407 e. The first-order valence-electron chi connectivity index (χ1n) is 19.0. The van der Waals surface area contributed by atoms with E-state index in [1.165, 1.54) is 33.5 Å². The van der Waals surface area contributed by atoms with Crippen molar-refractivity contribution in [1.82, 2.24) is 19.7 Å². The van der Waals surface area contributed by atoms with Crippen LogP contribution in [0.25, 0.3) is 11.3 Å². The second-order valence-electron chi connectivity index (χ2n) is 15.6. The Morgan fingerprint density at radius 2 is 1.55 bits per heavy atom. The Kier molecular flexibility index (Phi) is 12.5. The lowest BCUT2D eigenvalue weighted by Crippen LogP contribution is -2.67. The number of aryl methyl sites for hydroxylation is 2. The Morgan fingerprint density at radius 3 is 2.11 bits per heavy atom. The highest BCUT2D eigenvalue weighted by molar-refractivity contribution is 7.91. The number of sulfone groups is 1. The van der Waals surface area contributed by atoms with Gasteiger partial charge in [-0.2, -0.15) is 18.3 Å². The average molecular weight is 806 g/mol. The van der Waals surface area contributed by atoms with Crippen LogP contribution in [0.1, 0.15) is 64.0 Å². The minimum atomic E-state index is -4.66. The number of nitrogens with one attached hydrogen (secondary N) is 1. The SMILES string of the molecule is Cc1cc(S(=O)(=O)CCCOC2CCC(CO[Si](c3ccccc3)(c3ccccc3)C(C)(C)C)CC2)ccc1Nc1ncc(C(F)(F)F)c(-c2cnn(C)c2)n1. The molecule has 0 saturated heterocycles. The van der Waals surface area contributed by atoms with Gasteiger partial charge in [0, 0.05) is 43.9 Å². The molecule has 1 aliphatic carbocycles. The van der Waals surface area contributed by atoms with E-state index in [2.05, 4.69) is 102 Å². The van der Waals surface area contributed by atoms with Crippen LogP contribution in [0.15, 0.2) is 102 Å². The second-order valence-corrected chi connectivity index (χ2v) is 22.0. The molecule has 2 heterocycles. The van der Waals surface area contributed by atoms with E-state index in [1.807, 2.05) is 0 Å². The van der Waals surface area contributed by atoms with Gasteiger partial charge in [-0.1, -0.05) is 81.4 Å². The van der Waals surface area contributed by atoms with E-state index in [1.54, 1.807) is 26.1 Å². The van der Waals surface area contributed by atoms with Crippen molar-refractivity contribution in [2.75, 3.05) is 24.3 Å². The molecule has 1 aliphatic rings. The molecule has 298 valence electrons. The molecule has 0 aliphatic heterocycles. The lowest BCUT2D eigenvalue weighted by Gasteiger charge is -2.44. The van der Waals surface area contributed by atoms with Crippen LogP contribution in [0.4, 0.5) is 24.8 Å². The fourth-order valence-corrected chi connectivity index (χ4v) is 13.6. The van der Waals surface area contributed by atoms with Crippen molar-refractivity contribution in [2.24, 2.45) is 13.0 Å². The second kappa shape index (κ2) is 17.0. The van der Waals surface area contributed by atoms with Gasteiger partial charge in [0.2, 0.25) is 5.95 Å². The lowest BCUT2D eigenvalue weighted by molar-refractivity contribution is -0.137. The van der Waals surface area contributed by atoms with Crippen LogP contribution in [-0.2, 0) is 32.2 Å². The molecule has 2 aromatic heterocycles. The van der Waals surface area contributed by atoms with Gasteiger partial charge in [0.15, 0.2) is 9.84 Å². The van der Waals surface area contributed by atoms with E-state index in [-0.39, 0.29) is 39.0 Å². The normalized spacial score (nSPS) is 16.9. The summed E-state index contributed by atoms with van der Waals surface area (Å²) in [7, 11) is -4.61. The van der Waals surface area contributed by atoms with Crippen LogP contribution in [-0.4, -0.2) is 61.6 Å². The zero-order valence-corrected chi connectivity index (χ0v) is 34.3. The largest absolute Gasteiger partial charge is 0.419 e. The number of alkyl halides is 3. The van der Waals surface area contributed by atoms with Crippen molar-refractivity contribution in [3.63, 3.8) is 0 Å². The molecule has 56 heavy (non-hydrogen) atoms. The fourth-order valence-electron chi connectivity index (χ4n) is 7.59. The number of rotatable bonds is 14. The minimum Gasteiger partial charge on any atom is -0.407 e. The van der Waals surface area contributed by atoms with Crippen molar-refractivity contribution in [3.8, 4) is 11.3 Å². The topological polar surface area (TPSA) is 108 Å². The maximum Gasteiger partial charge on any atom is 0.419 e. The monoisotopic (exact) mass is 805 g/mol. The van der Waals surface area contributed by atoms with Crippen molar-refractivity contribution in [1.29, 1.82) is 0 Å². The molecule has 3 aromatic carbocycles. The number of hydrogen-bond acceptors (Lipinski definition) is 8. The third-order valence-corrected chi connectivity index (χ3v) is 17.3. The van der Waals surface area contributed by atoms with E-state index in [0.29, 0.717) is 36.8 Å². The van der Waals surface area contributed by atoms with E-state index in [9.17, 15) is 21.6 Å². The summed E-state index contributed by atoms with van der Waals surface area (Å²) in [6, 6.07) is 25.9. The molecule has 6 rings (SSSR count). The summed E-state index contributed by atoms with van der Waals surface area (Å²) < 4.78 is 82.5. The molecule has 1 N–H and O–H groups in total. The maximum absolute atomic E-state index is 13.7.